The number of nitrogens with one attached hydrogen (secondary N) is 2. The fourth-order valence-corrected chi connectivity index (χ4v) is 6.76. The molecule has 208 valence electrons. The van der Waals surface area contributed by atoms with Crippen LogP contribution in [0.2, 0.25) is 4.34 Å². The number of carbonyl (C=O) groups excluding carboxylic acids is 1. The van der Waals surface area contributed by atoms with Crippen LogP contribution in [0.25, 0.3) is 10.9 Å². The number of aromatic nitrogens is 2. The number of anilines is 1. The Morgan fingerprint density at radius 2 is 1.92 bits per heavy atom. The maximum atomic E-state index is 13.0. The van der Waals surface area contributed by atoms with Gasteiger partial charge >= 0.3 is 0 Å². The van der Waals surface area contributed by atoms with Gasteiger partial charge in [-0.2, -0.15) is 5.10 Å². The molecule has 0 aliphatic carbocycles. The molecule has 4 rings (SSSR count). The molecule has 0 aliphatic heterocycles. The van der Waals surface area contributed by atoms with E-state index in [1.165, 1.54) is 19.2 Å². The van der Waals surface area contributed by atoms with Crippen LogP contribution in [-0.4, -0.2) is 43.8 Å². The summed E-state index contributed by atoms with van der Waals surface area (Å²) in [6.45, 7) is 1.42. The molecule has 0 radical (unpaired) electrons. The maximum absolute atomic E-state index is 13.0. The van der Waals surface area contributed by atoms with E-state index in [1.54, 1.807) is 10.7 Å². The van der Waals surface area contributed by atoms with E-state index in [0.29, 0.717) is 47.0 Å². The summed E-state index contributed by atoms with van der Waals surface area (Å²) < 4.78 is 36.4. The number of unbranched alkanes of at least 4 members (excludes halogenated alkanes) is 1. The SMILES string of the molecule is COc1cccc2c1c(NS(=O)(=O)c1ccc(Cl)s1)nn2Cc1cccc(CN[C@@H](CCCCN)C(N)=O)c1. The van der Waals surface area contributed by atoms with Crippen molar-refractivity contribution in [3.8, 4) is 5.75 Å². The number of fused-ring (bicyclic) bond motifs is 1. The van der Waals surface area contributed by atoms with Crippen molar-refractivity contribution >= 4 is 55.6 Å². The Morgan fingerprint density at radius 3 is 2.62 bits per heavy atom. The third kappa shape index (κ3) is 7.08. The number of primary amides is 1. The van der Waals surface area contributed by atoms with E-state index in [-0.39, 0.29) is 15.9 Å². The number of ether oxygens (including phenoxy) is 1. The molecule has 0 spiro atoms. The zero-order chi connectivity index (χ0) is 28.0. The summed E-state index contributed by atoms with van der Waals surface area (Å²) in [6.07, 6.45) is 2.28. The molecule has 1 atom stereocenters. The van der Waals surface area contributed by atoms with Crippen molar-refractivity contribution in [2.75, 3.05) is 18.4 Å². The molecule has 0 unspecified atom stereocenters. The number of hydrogen-bond donors (Lipinski definition) is 4. The van der Waals surface area contributed by atoms with Gasteiger partial charge in [-0.1, -0.05) is 48.4 Å². The minimum Gasteiger partial charge on any atom is -0.496 e. The van der Waals surface area contributed by atoms with E-state index in [1.807, 2.05) is 36.4 Å². The minimum absolute atomic E-state index is 0.0857. The number of thiophene rings is 1. The summed E-state index contributed by atoms with van der Waals surface area (Å²) in [4.78, 5) is 11.8. The standard InChI is InChI=1S/C26H31ClN6O4S2/c1-37-21-10-5-9-20-24(21)26(32-39(35,36)23-12-11-22(27)38-23)31-33(20)16-18-7-4-6-17(14-18)15-30-19(25(29)34)8-2-3-13-28/h4-7,9-12,14,19,30H,2-3,8,13,15-16,28H2,1H3,(H2,29,34)(H,31,32)/t19-/m0/s1. The minimum atomic E-state index is -3.91. The van der Waals surface area contributed by atoms with Crippen LogP contribution < -0.4 is 26.2 Å². The van der Waals surface area contributed by atoms with Gasteiger partial charge in [0.25, 0.3) is 10.0 Å². The van der Waals surface area contributed by atoms with Crippen LogP contribution in [0, 0.1) is 0 Å². The lowest BCUT2D eigenvalue weighted by molar-refractivity contribution is -0.120. The Kier molecular flexibility index (Phi) is 9.46. The monoisotopic (exact) mass is 590 g/mol. The van der Waals surface area contributed by atoms with Crippen molar-refractivity contribution in [1.82, 2.24) is 15.1 Å². The lowest BCUT2D eigenvalue weighted by atomic mass is 10.1. The average molecular weight is 591 g/mol. The first-order valence-electron chi connectivity index (χ1n) is 12.3. The van der Waals surface area contributed by atoms with Crippen LogP contribution in [0.3, 0.4) is 0 Å². The van der Waals surface area contributed by atoms with E-state index in [2.05, 4.69) is 15.1 Å². The quantitative estimate of drug-likeness (QED) is 0.163. The molecule has 0 aliphatic rings. The zero-order valence-electron chi connectivity index (χ0n) is 21.4. The Balaban J connectivity index is 1.58. The van der Waals surface area contributed by atoms with Crippen molar-refractivity contribution in [3.63, 3.8) is 0 Å². The third-order valence-corrected chi connectivity index (χ3v) is 9.23. The van der Waals surface area contributed by atoms with Crippen LogP contribution in [0.5, 0.6) is 5.75 Å². The highest BCUT2D eigenvalue weighted by Crippen LogP contribution is 2.35. The fourth-order valence-electron chi connectivity index (χ4n) is 4.27. The summed E-state index contributed by atoms with van der Waals surface area (Å²) in [6, 6.07) is 15.8. The Morgan fingerprint density at radius 1 is 1.15 bits per heavy atom. The first-order valence-corrected chi connectivity index (χ1v) is 15.0. The largest absolute Gasteiger partial charge is 0.496 e. The normalized spacial score (nSPS) is 12.5. The molecule has 2 aromatic carbocycles. The zero-order valence-corrected chi connectivity index (χ0v) is 23.8. The first kappa shape index (κ1) is 28.8. The van der Waals surface area contributed by atoms with E-state index in [9.17, 15) is 13.2 Å². The maximum Gasteiger partial charge on any atom is 0.272 e. The number of benzene rings is 2. The summed E-state index contributed by atoms with van der Waals surface area (Å²) >= 11 is 6.92. The van der Waals surface area contributed by atoms with Gasteiger partial charge in [0.15, 0.2) is 5.82 Å². The van der Waals surface area contributed by atoms with Crippen molar-refractivity contribution < 1.29 is 17.9 Å². The second-order valence-corrected chi connectivity index (χ2v) is 12.6. The second kappa shape index (κ2) is 12.8. The van der Waals surface area contributed by atoms with Gasteiger partial charge in [-0.15, -0.1) is 11.3 Å². The highest BCUT2D eigenvalue weighted by atomic mass is 35.5. The lowest BCUT2D eigenvalue weighted by Gasteiger charge is -2.15. The summed E-state index contributed by atoms with van der Waals surface area (Å²) in [5, 5.41) is 8.40. The molecule has 10 nitrogen and oxygen atoms in total. The van der Waals surface area contributed by atoms with E-state index in [0.717, 1.165) is 35.3 Å². The predicted molar refractivity (Wildman–Crippen MR) is 155 cm³/mol. The third-order valence-electron chi connectivity index (χ3n) is 6.17. The number of halogens is 1. The van der Waals surface area contributed by atoms with Crippen molar-refractivity contribution in [1.29, 1.82) is 0 Å². The van der Waals surface area contributed by atoms with Crippen LogP contribution in [0.15, 0.2) is 58.8 Å². The Bertz CT molecular complexity index is 1550. The molecule has 2 aromatic heterocycles. The number of carbonyl (C=O) groups is 1. The highest BCUT2D eigenvalue weighted by molar-refractivity contribution is 7.94. The highest BCUT2D eigenvalue weighted by Gasteiger charge is 2.23. The number of amides is 1. The molecule has 39 heavy (non-hydrogen) atoms. The van der Waals surface area contributed by atoms with Crippen LogP contribution in [0.1, 0.15) is 30.4 Å². The Hall–Kier alpha value is -3.16. The summed E-state index contributed by atoms with van der Waals surface area (Å²) in [5.74, 6) is 0.261. The molecule has 13 heteroatoms. The van der Waals surface area contributed by atoms with Gasteiger partial charge in [0.05, 0.1) is 34.9 Å². The molecule has 6 N–H and O–H groups in total. The second-order valence-electron chi connectivity index (χ2n) is 8.96. The van der Waals surface area contributed by atoms with Crippen molar-refractivity contribution in [2.24, 2.45) is 11.5 Å². The van der Waals surface area contributed by atoms with Crippen LogP contribution >= 0.6 is 22.9 Å². The lowest BCUT2D eigenvalue weighted by Crippen LogP contribution is -2.40. The number of sulfonamides is 1. The van der Waals surface area contributed by atoms with Gasteiger partial charge in [0.2, 0.25) is 5.91 Å². The average Bonchev–Trinajstić information content (AvgIpc) is 3.50. The summed E-state index contributed by atoms with van der Waals surface area (Å²) in [5.41, 5.74) is 13.7. The number of hydrogen-bond acceptors (Lipinski definition) is 8. The van der Waals surface area contributed by atoms with Gasteiger partial charge in [-0.3, -0.25) is 14.2 Å². The van der Waals surface area contributed by atoms with E-state index in [4.69, 9.17) is 27.8 Å². The van der Waals surface area contributed by atoms with E-state index >= 15 is 0 Å². The number of methoxy groups -OCH3 is 1. The first-order chi connectivity index (χ1) is 18.7. The number of nitrogens with two attached hydrogens (primary N) is 2. The van der Waals surface area contributed by atoms with Gasteiger partial charge in [-0.05, 0) is 54.8 Å². The van der Waals surface area contributed by atoms with Crippen LogP contribution in [-0.2, 0) is 27.9 Å². The molecular weight excluding hydrogens is 560 g/mol. The molecule has 2 heterocycles. The van der Waals surface area contributed by atoms with Crippen molar-refractivity contribution in [2.45, 2.75) is 42.6 Å². The molecule has 0 saturated heterocycles. The Labute approximate surface area is 236 Å². The van der Waals surface area contributed by atoms with Gasteiger partial charge in [0.1, 0.15) is 9.96 Å². The molecule has 0 bridgehead atoms. The van der Waals surface area contributed by atoms with E-state index < -0.39 is 16.1 Å². The fraction of sp³-hybridized carbons (Fsp3) is 0.308. The molecule has 1 amide bonds. The molecule has 4 aromatic rings. The molecular formula is C26H31ClN6O4S2. The predicted octanol–water partition coefficient (Wildman–Crippen LogP) is 3.68. The molecule has 0 fully saturated rings. The van der Waals surface area contributed by atoms with Crippen molar-refractivity contribution in [3.05, 3.63) is 70.1 Å². The number of nitrogens with zero attached hydrogens (tertiary/aromatic N) is 2. The van der Waals surface area contributed by atoms with Gasteiger partial charge in [0, 0.05) is 6.54 Å². The van der Waals surface area contributed by atoms with Gasteiger partial charge in [-0.25, -0.2) is 8.42 Å². The van der Waals surface area contributed by atoms with Gasteiger partial charge < -0.3 is 21.5 Å². The van der Waals surface area contributed by atoms with Crippen LogP contribution in [0.4, 0.5) is 5.82 Å². The number of rotatable bonds is 14. The molecule has 0 saturated carbocycles. The topological polar surface area (TPSA) is 154 Å². The smallest absolute Gasteiger partial charge is 0.272 e. The summed E-state index contributed by atoms with van der Waals surface area (Å²) in [7, 11) is -2.38.